The first-order chi connectivity index (χ1) is 12.0. The second-order valence-corrected chi connectivity index (χ2v) is 8.23. The third-order valence-corrected chi connectivity index (χ3v) is 6.01. The molecule has 25 heavy (non-hydrogen) atoms. The number of ether oxygens (including phenoxy) is 1. The number of hydrogen-bond acceptors (Lipinski definition) is 5. The van der Waals surface area contributed by atoms with Gasteiger partial charge in [0.1, 0.15) is 0 Å². The number of fused-ring (bicyclic) bond motifs is 2. The third kappa shape index (κ3) is 5.21. The summed E-state index contributed by atoms with van der Waals surface area (Å²) in [6.07, 6.45) is 11.6. The zero-order chi connectivity index (χ0) is 17.7. The summed E-state index contributed by atoms with van der Waals surface area (Å²) in [7, 11) is 0. The fourth-order valence-electron chi connectivity index (χ4n) is 3.82. The summed E-state index contributed by atoms with van der Waals surface area (Å²) in [5.74, 6) is -0.878. The van der Waals surface area contributed by atoms with Crippen molar-refractivity contribution >= 4 is 22.9 Å². The van der Waals surface area contributed by atoms with Gasteiger partial charge in [0, 0.05) is 24.6 Å². The van der Waals surface area contributed by atoms with Gasteiger partial charge in [-0.05, 0) is 44.9 Å². The Labute approximate surface area is 153 Å². The number of aliphatic hydroxyl groups is 1. The van der Waals surface area contributed by atoms with Crippen LogP contribution in [0.2, 0.25) is 0 Å². The van der Waals surface area contributed by atoms with Crippen molar-refractivity contribution in [2.24, 2.45) is 0 Å². The minimum atomic E-state index is -1.41. The minimum Gasteiger partial charge on any atom is -0.364 e. The van der Waals surface area contributed by atoms with E-state index in [4.69, 9.17) is 4.74 Å². The minimum absolute atomic E-state index is 0.0406. The second kappa shape index (κ2) is 8.56. The number of carbonyl (C=O) groups excluding carboxylic acids is 2. The van der Waals surface area contributed by atoms with Crippen molar-refractivity contribution in [1.29, 1.82) is 0 Å². The lowest BCUT2D eigenvalue weighted by Crippen LogP contribution is -2.60. The summed E-state index contributed by atoms with van der Waals surface area (Å²) in [5.41, 5.74) is 0. The number of hydrogen-bond donors (Lipinski definition) is 3. The van der Waals surface area contributed by atoms with Crippen LogP contribution in [0.25, 0.3) is 0 Å². The Morgan fingerprint density at radius 3 is 2.72 bits per heavy atom. The van der Waals surface area contributed by atoms with E-state index in [0.29, 0.717) is 25.0 Å². The van der Waals surface area contributed by atoms with Crippen LogP contribution in [0.15, 0.2) is 12.2 Å². The molecule has 0 aromatic rings. The van der Waals surface area contributed by atoms with Gasteiger partial charge in [-0.2, -0.15) is 0 Å². The summed E-state index contributed by atoms with van der Waals surface area (Å²) in [6.45, 7) is 0. The highest BCUT2D eigenvalue weighted by Crippen LogP contribution is 2.35. The van der Waals surface area contributed by atoms with E-state index in [1.807, 2.05) is 0 Å². The zero-order valence-electron chi connectivity index (χ0n) is 14.5. The topological polar surface area (TPSA) is 87.7 Å². The molecule has 0 radical (unpaired) electrons. The Balaban J connectivity index is 1.70. The highest BCUT2D eigenvalue weighted by atomic mass is 32.2. The molecule has 0 aromatic heterocycles. The van der Waals surface area contributed by atoms with E-state index in [0.717, 1.165) is 38.5 Å². The van der Waals surface area contributed by atoms with Crippen LogP contribution in [0, 0.1) is 0 Å². The molecular weight excluding hydrogens is 340 g/mol. The SMILES string of the molecule is O=C1CCCC/C=C\CCC[C@@H]2C[C@H](C[C@](O)([C@@H]3CSC(=O)N3)O2)N1. The fraction of sp³-hybridized carbons (Fsp3) is 0.778. The molecule has 2 fully saturated rings. The van der Waals surface area contributed by atoms with E-state index in [1.54, 1.807) is 0 Å². The van der Waals surface area contributed by atoms with Crippen LogP contribution >= 0.6 is 11.8 Å². The molecule has 2 bridgehead atoms. The van der Waals surface area contributed by atoms with Crippen LogP contribution in [-0.4, -0.2) is 46.0 Å². The zero-order valence-corrected chi connectivity index (χ0v) is 15.4. The van der Waals surface area contributed by atoms with E-state index in [-0.39, 0.29) is 23.3 Å². The molecule has 0 unspecified atom stereocenters. The van der Waals surface area contributed by atoms with Crippen LogP contribution < -0.4 is 10.6 Å². The molecule has 3 heterocycles. The average Bonchev–Trinajstić information content (AvgIpc) is 2.99. The lowest BCUT2D eigenvalue weighted by molar-refractivity contribution is -0.269. The van der Waals surface area contributed by atoms with Crippen molar-refractivity contribution in [1.82, 2.24) is 10.6 Å². The largest absolute Gasteiger partial charge is 0.364 e. The summed E-state index contributed by atoms with van der Waals surface area (Å²) < 4.78 is 6.02. The van der Waals surface area contributed by atoms with Crippen molar-refractivity contribution in [3.05, 3.63) is 12.2 Å². The molecule has 3 N–H and O–H groups in total. The second-order valence-electron chi connectivity index (χ2n) is 7.23. The molecule has 140 valence electrons. The third-order valence-electron chi connectivity index (χ3n) is 5.13. The Hall–Kier alpha value is -1.05. The van der Waals surface area contributed by atoms with E-state index in [2.05, 4.69) is 22.8 Å². The summed E-state index contributed by atoms with van der Waals surface area (Å²) in [4.78, 5) is 23.7. The summed E-state index contributed by atoms with van der Waals surface area (Å²) >= 11 is 1.17. The van der Waals surface area contributed by atoms with E-state index in [1.165, 1.54) is 11.8 Å². The molecule has 0 aliphatic carbocycles. The normalized spacial score (nSPS) is 39.2. The average molecular weight is 368 g/mol. The van der Waals surface area contributed by atoms with Gasteiger partial charge in [0.25, 0.3) is 5.24 Å². The van der Waals surface area contributed by atoms with E-state index >= 15 is 0 Å². The monoisotopic (exact) mass is 368 g/mol. The number of allylic oxidation sites excluding steroid dienone is 2. The predicted octanol–water partition coefficient (Wildman–Crippen LogP) is 2.46. The summed E-state index contributed by atoms with van der Waals surface area (Å²) in [6, 6.07) is -0.539. The van der Waals surface area contributed by atoms with Gasteiger partial charge < -0.3 is 20.5 Å². The first kappa shape index (κ1) is 18.7. The van der Waals surface area contributed by atoms with Crippen LogP contribution in [0.3, 0.4) is 0 Å². The molecule has 7 heteroatoms. The van der Waals surface area contributed by atoms with Gasteiger partial charge in [-0.25, -0.2) is 0 Å². The molecule has 6 nitrogen and oxygen atoms in total. The van der Waals surface area contributed by atoms with Gasteiger partial charge in [-0.15, -0.1) is 0 Å². The first-order valence-electron chi connectivity index (χ1n) is 9.33. The molecule has 2 amide bonds. The number of carbonyl (C=O) groups is 2. The van der Waals surface area contributed by atoms with Gasteiger partial charge in [0.15, 0.2) is 5.79 Å². The van der Waals surface area contributed by atoms with Crippen molar-refractivity contribution in [2.45, 2.75) is 81.8 Å². The molecule has 3 aliphatic heterocycles. The Bertz CT molecular complexity index is 527. The number of amides is 2. The highest BCUT2D eigenvalue weighted by Gasteiger charge is 2.48. The van der Waals surface area contributed by atoms with Gasteiger partial charge >= 0.3 is 0 Å². The maximum absolute atomic E-state index is 12.2. The Kier molecular flexibility index (Phi) is 6.41. The van der Waals surface area contributed by atoms with Gasteiger partial charge in [0.2, 0.25) is 5.91 Å². The van der Waals surface area contributed by atoms with Crippen LogP contribution in [-0.2, 0) is 9.53 Å². The maximum atomic E-state index is 12.2. The molecule has 0 saturated carbocycles. The standard InChI is InChI=1S/C18H28N2O4S/c21-16-9-7-5-3-1-2-4-6-8-14-10-13(19-16)11-18(23,24-14)15-12-25-17(22)20-15/h1-2,13-15,23H,3-12H2,(H,19,21)(H,20,22)/b2-1-/t13-,14-,15+,18-/m1/s1. The highest BCUT2D eigenvalue weighted by molar-refractivity contribution is 8.14. The van der Waals surface area contributed by atoms with Crippen LogP contribution in [0.5, 0.6) is 0 Å². The number of rotatable bonds is 1. The Morgan fingerprint density at radius 2 is 1.96 bits per heavy atom. The Morgan fingerprint density at radius 1 is 1.16 bits per heavy atom. The van der Waals surface area contributed by atoms with Gasteiger partial charge in [0.05, 0.1) is 12.1 Å². The predicted molar refractivity (Wildman–Crippen MR) is 97.2 cm³/mol. The maximum Gasteiger partial charge on any atom is 0.279 e. The number of thioether (sulfide) groups is 1. The smallest absolute Gasteiger partial charge is 0.279 e. The molecule has 3 rings (SSSR count). The first-order valence-corrected chi connectivity index (χ1v) is 10.3. The number of nitrogens with one attached hydrogen (secondary N) is 2. The molecule has 4 atom stereocenters. The van der Waals surface area contributed by atoms with E-state index in [9.17, 15) is 14.7 Å². The lowest BCUT2D eigenvalue weighted by atomic mass is 9.89. The summed E-state index contributed by atoms with van der Waals surface area (Å²) in [5, 5.41) is 16.8. The molecular formula is C18H28N2O4S. The quantitative estimate of drug-likeness (QED) is 0.619. The van der Waals surface area contributed by atoms with Crippen molar-refractivity contribution in [3.63, 3.8) is 0 Å². The van der Waals surface area contributed by atoms with Gasteiger partial charge in [-0.1, -0.05) is 23.9 Å². The molecule has 3 aliphatic rings. The van der Waals surface area contributed by atoms with Crippen LogP contribution in [0.1, 0.15) is 57.8 Å². The van der Waals surface area contributed by atoms with Crippen molar-refractivity contribution < 1.29 is 19.4 Å². The fourth-order valence-corrected chi connectivity index (χ4v) is 4.71. The van der Waals surface area contributed by atoms with Crippen LogP contribution in [0.4, 0.5) is 4.79 Å². The van der Waals surface area contributed by atoms with Gasteiger partial charge in [-0.3, -0.25) is 9.59 Å². The van der Waals surface area contributed by atoms with Crippen molar-refractivity contribution in [2.75, 3.05) is 5.75 Å². The molecule has 0 spiro atoms. The van der Waals surface area contributed by atoms with Crippen molar-refractivity contribution in [3.8, 4) is 0 Å². The van der Waals surface area contributed by atoms with E-state index < -0.39 is 11.8 Å². The lowest BCUT2D eigenvalue weighted by Gasteiger charge is -2.44. The molecule has 0 aromatic carbocycles. The molecule has 2 saturated heterocycles.